The van der Waals surface area contributed by atoms with E-state index in [1.807, 2.05) is 0 Å². The fraction of sp³-hybridized carbons (Fsp3) is 0.267. The number of benzene rings is 1. The topological polar surface area (TPSA) is 112 Å². The summed E-state index contributed by atoms with van der Waals surface area (Å²) in [4.78, 5) is 26.8. The van der Waals surface area contributed by atoms with Crippen LogP contribution >= 0.6 is 23.1 Å². The monoisotopic (exact) mass is 414 g/mol. The van der Waals surface area contributed by atoms with Crippen molar-refractivity contribution in [3.05, 3.63) is 29.3 Å². The minimum atomic E-state index is -3.89. The van der Waals surface area contributed by atoms with Gasteiger partial charge in [0.25, 0.3) is 10.0 Å². The van der Waals surface area contributed by atoms with Crippen LogP contribution in [0.15, 0.2) is 28.5 Å². The molecule has 8 nitrogen and oxygen atoms in total. The highest BCUT2D eigenvalue weighted by Gasteiger charge is 2.21. The van der Waals surface area contributed by atoms with Gasteiger partial charge in [0.2, 0.25) is 0 Å². The maximum absolute atomic E-state index is 12.5. The standard InChI is InChI=1S/C15H14N2O6S3/c1-9(18)24-8-12(19)11-7-25-15(16-11)17-26(20,21)10-2-3-13-14(6-10)23-5-4-22-13/h2-3,6-7H,4-5,8H2,1H3,(H,16,17). The summed E-state index contributed by atoms with van der Waals surface area (Å²) in [6.07, 6.45) is 0. The number of carbonyl (C=O) groups excluding carboxylic acids is 2. The van der Waals surface area contributed by atoms with Gasteiger partial charge in [-0.1, -0.05) is 11.8 Å². The lowest BCUT2D eigenvalue weighted by atomic mass is 10.3. The van der Waals surface area contributed by atoms with Crippen LogP contribution in [-0.4, -0.2) is 43.3 Å². The Bertz CT molecular complexity index is 954. The Morgan fingerprint density at radius 3 is 2.73 bits per heavy atom. The molecule has 0 amide bonds. The van der Waals surface area contributed by atoms with E-state index in [2.05, 4.69) is 9.71 Å². The highest BCUT2D eigenvalue weighted by molar-refractivity contribution is 8.14. The van der Waals surface area contributed by atoms with E-state index in [-0.39, 0.29) is 32.4 Å². The van der Waals surface area contributed by atoms with Crippen molar-refractivity contribution in [2.24, 2.45) is 0 Å². The van der Waals surface area contributed by atoms with Crippen LogP contribution in [0.5, 0.6) is 11.5 Å². The Hall–Kier alpha value is -2.11. The molecular formula is C15H14N2O6S3. The van der Waals surface area contributed by atoms with Crippen LogP contribution in [0.2, 0.25) is 0 Å². The van der Waals surface area contributed by atoms with Crippen LogP contribution < -0.4 is 14.2 Å². The van der Waals surface area contributed by atoms with Crippen LogP contribution in [0.3, 0.4) is 0 Å². The molecule has 1 aliphatic heterocycles. The summed E-state index contributed by atoms with van der Waals surface area (Å²) in [5, 5.41) is 1.34. The number of nitrogens with one attached hydrogen (secondary N) is 1. The molecule has 1 aromatic heterocycles. The van der Waals surface area contributed by atoms with Crippen molar-refractivity contribution in [2.75, 3.05) is 23.7 Å². The van der Waals surface area contributed by atoms with Gasteiger partial charge < -0.3 is 9.47 Å². The molecular weight excluding hydrogens is 400 g/mol. The predicted molar refractivity (Wildman–Crippen MR) is 97.8 cm³/mol. The molecule has 0 spiro atoms. The first-order valence-corrected chi connectivity index (χ1v) is 10.7. The van der Waals surface area contributed by atoms with Crippen LogP contribution in [0.1, 0.15) is 17.4 Å². The Morgan fingerprint density at radius 1 is 1.27 bits per heavy atom. The Morgan fingerprint density at radius 2 is 2.00 bits per heavy atom. The van der Waals surface area contributed by atoms with Gasteiger partial charge in [-0.15, -0.1) is 11.3 Å². The van der Waals surface area contributed by atoms with Gasteiger partial charge in [0.05, 0.1) is 10.6 Å². The maximum atomic E-state index is 12.5. The molecule has 2 heterocycles. The second-order valence-corrected chi connectivity index (χ2v) is 8.85. The third-order valence-electron chi connectivity index (χ3n) is 3.24. The predicted octanol–water partition coefficient (Wildman–Crippen LogP) is 2.18. The van der Waals surface area contributed by atoms with Crippen LogP contribution in [0.25, 0.3) is 0 Å². The summed E-state index contributed by atoms with van der Waals surface area (Å²) in [7, 11) is -3.89. The first-order valence-electron chi connectivity index (χ1n) is 7.40. The minimum Gasteiger partial charge on any atom is -0.486 e. The Kier molecular flexibility index (Phi) is 5.49. The zero-order valence-electron chi connectivity index (χ0n) is 13.6. The van der Waals surface area contributed by atoms with Crippen LogP contribution in [-0.2, 0) is 14.8 Å². The van der Waals surface area contributed by atoms with Gasteiger partial charge in [0.15, 0.2) is 27.5 Å². The molecule has 26 heavy (non-hydrogen) atoms. The lowest BCUT2D eigenvalue weighted by molar-refractivity contribution is -0.109. The fourth-order valence-electron chi connectivity index (χ4n) is 2.05. The molecule has 0 saturated carbocycles. The normalized spacial score (nSPS) is 13.3. The van der Waals surface area contributed by atoms with Gasteiger partial charge in [0, 0.05) is 18.4 Å². The van der Waals surface area contributed by atoms with E-state index in [1.54, 1.807) is 0 Å². The number of anilines is 1. The number of Topliss-reactive ketones (excluding diaryl/α,β-unsaturated/α-hetero) is 1. The zero-order valence-corrected chi connectivity index (χ0v) is 16.0. The lowest BCUT2D eigenvalue weighted by Gasteiger charge is -2.18. The molecule has 11 heteroatoms. The smallest absolute Gasteiger partial charge is 0.263 e. The van der Waals surface area contributed by atoms with Crippen molar-refractivity contribution in [1.82, 2.24) is 4.98 Å². The van der Waals surface area contributed by atoms with E-state index in [9.17, 15) is 18.0 Å². The number of fused-ring (bicyclic) bond motifs is 1. The number of ketones is 1. The summed E-state index contributed by atoms with van der Waals surface area (Å²) < 4.78 is 38.1. The van der Waals surface area contributed by atoms with Crippen LogP contribution in [0, 0.1) is 0 Å². The van der Waals surface area contributed by atoms with Gasteiger partial charge in [-0.25, -0.2) is 13.4 Å². The number of aromatic nitrogens is 1. The number of ether oxygens (including phenoxy) is 2. The van der Waals surface area contributed by atoms with Crippen molar-refractivity contribution in [1.29, 1.82) is 0 Å². The Labute approximate surface area is 158 Å². The molecule has 0 radical (unpaired) electrons. The average Bonchev–Trinajstić information content (AvgIpc) is 3.07. The number of sulfonamides is 1. The van der Waals surface area contributed by atoms with Crippen LogP contribution in [0.4, 0.5) is 5.13 Å². The molecule has 1 N–H and O–H groups in total. The summed E-state index contributed by atoms with van der Waals surface area (Å²) in [5.41, 5.74) is 0.114. The summed E-state index contributed by atoms with van der Waals surface area (Å²) in [6.45, 7) is 2.13. The number of carbonyl (C=O) groups is 2. The number of rotatable bonds is 6. The molecule has 0 aliphatic carbocycles. The number of hydrogen-bond donors (Lipinski definition) is 1. The van der Waals surface area contributed by atoms with Crippen molar-refractivity contribution in [2.45, 2.75) is 11.8 Å². The average molecular weight is 414 g/mol. The third-order valence-corrected chi connectivity index (χ3v) is 6.28. The SMILES string of the molecule is CC(=O)SCC(=O)c1csc(NS(=O)(=O)c2ccc3c(c2)OCCO3)n1. The first-order chi connectivity index (χ1) is 12.3. The van der Waals surface area contributed by atoms with Gasteiger partial charge in [-0.05, 0) is 12.1 Å². The van der Waals surface area contributed by atoms with E-state index in [0.29, 0.717) is 24.7 Å². The largest absolute Gasteiger partial charge is 0.486 e. The van der Waals surface area contributed by atoms with Crippen molar-refractivity contribution in [3.8, 4) is 11.5 Å². The second kappa shape index (κ2) is 7.64. The summed E-state index contributed by atoms with van der Waals surface area (Å²) in [5.74, 6) is 0.467. The Balaban J connectivity index is 1.74. The quantitative estimate of drug-likeness (QED) is 0.716. The molecule has 138 valence electrons. The molecule has 2 aromatic rings. The van der Waals surface area contributed by atoms with E-state index in [4.69, 9.17) is 9.47 Å². The molecule has 0 atom stereocenters. The van der Waals surface area contributed by atoms with Crippen molar-refractivity contribution >= 4 is 49.2 Å². The van der Waals surface area contributed by atoms with E-state index < -0.39 is 10.0 Å². The van der Waals surface area contributed by atoms with E-state index in [1.165, 1.54) is 30.5 Å². The highest BCUT2D eigenvalue weighted by Crippen LogP contribution is 2.33. The fourth-order valence-corrected chi connectivity index (χ4v) is 4.52. The van der Waals surface area contributed by atoms with Gasteiger partial charge >= 0.3 is 0 Å². The highest BCUT2D eigenvalue weighted by atomic mass is 32.2. The molecule has 0 fully saturated rings. The van der Waals surface area contributed by atoms with Crippen molar-refractivity contribution < 1.29 is 27.5 Å². The maximum Gasteiger partial charge on any atom is 0.263 e. The molecule has 1 aliphatic rings. The number of thiazole rings is 1. The number of nitrogens with zero attached hydrogens (tertiary/aromatic N) is 1. The first kappa shape index (κ1) is 18.7. The number of hydrogen-bond acceptors (Lipinski definition) is 9. The zero-order chi connectivity index (χ0) is 18.7. The van der Waals surface area contributed by atoms with Gasteiger partial charge in [0.1, 0.15) is 18.9 Å². The molecule has 0 bridgehead atoms. The molecule has 0 unspecified atom stereocenters. The third kappa shape index (κ3) is 4.34. The van der Waals surface area contributed by atoms with E-state index >= 15 is 0 Å². The van der Waals surface area contributed by atoms with Gasteiger partial charge in [-0.2, -0.15) is 0 Å². The van der Waals surface area contributed by atoms with Gasteiger partial charge in [-0.3, -0.25) is 14.3 Å². The minimum absolute atomic E-state index is 0.00281. The van der Waals surface area contributed by atoms with E-state index in [0.717, 1.165) is 23.1 Å². The molecule has 0 saturated heterocycles. The number of thioether (sulfide) groups is 1. The molecule has 1 aromatic carbocycles. The molecule has 3 rings (SSSR count). The van der Waals surface area contributed by atoms with Crippen molar-refractivity contribution in [3.63, 3.8) is 0 Å². The second-order valence-electron chi connectivity index (χ2n) is 5.15. The summed E-state index contributed by atoms with van der Waals surface area (Å²) >= 11 is 1.87. The summed E-state index contributed by atoms with van der Waals surface area (Å²) in [6, 6.07) is 4.30. The lowest BCUT2D eigenvalue weighted by Crippen LogP contribution is -2.17.